The molecule has 0 heterocycles. The van der Waals surface area contributed by atoms with Crippen LogP contribution in [0.15, 0.2) is 0 Å². The zero-order valence-corrected chi connectivity index (χ0v) is 19.8. The number of hydrogen-bond acceptors (Lipinski definition) is 4. The zero-order valence-electron chi connectivity index (χ0n) is 17.3. The highest BCUT2D eigenvalue weighted by Gasteiger charge is 2.19. The minimum absolute atomic E-state index is 0.0780. The first kappa shape index (κ1) is 27.5. The van der Waals surface area contributed by atoms with E-state index in [1.165, 1.54) is 83.5 Å². The molecule has 27 heavy (non-hydrogen) atoms. The zero-order chi connectivity index (χ0) is 20.1. The molecule has 0 rings (SSSR count). The molecule has 0 fully saturated rings. The minimum atomic E-state index is -3.91. The van der Waals surface area contributed by atoms with Gasteiger partial charge >= 0.3 is 7.82 Å². The second-order valence-corrected chi connectivity index (χ2v) is 9.28. The lowest BCUT2D eigenvalue weighted by Gasteiger charge is -2.11. The molecule has 0 bridgehead atoms. The Morgan fingerprint density at radius 1 is 0.667 bits per heavy atom. The number of halogens is 1. The summed E-state index contributed by atoms with van der Waals surface area (Å²) >= 11 is 3.12. The summed E-state index contributed by atoms with van der Waals surface area (Å²) in [6, 6.07) is 0. The molecule has 164 valence electrons. The molecule has 0 saturated carbocycles. The lowest BCUT2D eigenvalue weighted by atomic mass is 10.0. The van der Waals surface area contributed by atoms with Crippen molar-refractivity contribution in [3.05, 3.63) is 0 Å². The minimum Gasteiger partial charge on any atom is -0.379 e. The van der Waals surface area contributed by atoms with E-state index in [2.05, 4.69) is 22.9 Å². The first-order chi connectivity index (χ1) is 13.1. The summed E-state index contributed by atoms with van der Waals surface area (Å²) in [6.45, 7) is 3.49. The maximum absolute atomic E-state index is 11.4. The molecule has 0 aliphatic rings. The van der Waals surface area contributed by atoms with Gasteiger partial charge < -0.3 is 9.63 Å². The van der Waals surface area contributed by atoms with Gasteiger partial charge in [0.2, 0.25) is 0 Å². The number of rotatable bonds is 22. The van der Waals surface area contributed by atoms with Crippen LogP contribution in [0.25, 0.3) is 0 Å². The first-order valence-corrected chi connectivity index (χ1v) is 13.5. The van der Waals surface area contributed by atoms with Gasteiger partial charge in [-0.1, -0.05) is 106 Å². The molecular formula is C20H42BrO5P. The molecule has 0 saturated heterocycles. The summed E-state index contributed by atoms with van der Waals surface area (Å²) in [5.41, 5.74) is 0. The monoisotopic (exact) mass is 472 g/mol. The van der Waals surface area contributed by atoms with Gasteiger partial charge in [0, 0.05) is 11.9 Å². The van der Waals surface area contributed by atoms with Crippen molar-refractivity contribution in [1.29, 1.82) is 0 Å². The fourth-order valence-corrected chi connectivity index (χ4v) is 4.01. The lowest BCUT2D eigenvalue weighted by Crippen LogP contribution is -2.06. The molecule has 0 aromatic carbocycles. The Morgan fingerprint density at radius 3 is 1.59 bits per heavy atom. The van der Waals surface area contributed by atoms with Gasteiger partial charge in [-0.05, 0) is 6.42 Å². The van der Waals surface area contributed by atoms with Crippen molar-refractivity contribution in [3.63, 3.8) is 0 Å². The van der Waals surface area contributed by atoms with Crippen LogP contribution in [0.3, 0.4) is 0 Å². The SMILES string of the molecule is CCCCCCCCCCCCCCCCOCCOP(=O)(O)OCCBr. The van der Waals surface area contributed by atoms with Crippen LogP contribution < -0.4 is 0 Å². The number of ether oxygens (including phenoxy) is 1. The highest BCUT2D eigenvalue weighted by molar-refractivity contribution is 9.09. The molecular weight excluding hydrogens is 431 g/mol. The highest BCUT2D eigenvalue weighted by atomic mass is 79.9. The van der Waals surface area contributed by atoms with E-state index in [4.69, 9.17) is 13.8 Å². The van der Waals surface area contributed by atoms with Gasteiger partial charge in [-0.3, -0.25) is 9.05 Å². The molecule has 0 aromatic heterocycles. The van der Waals surface area contributed by atoms with E-state index >= 15 is 0 Å². The Labute approximate surface area is 175 Å². The predicted molar refractivity (Wildman–Crippen MR) is 117 cm³/mol. The van der Waals surface area contributed by atoms with Gasteiger partial charge in [0.1, 0.15) is 0 Å². The number of phosphoric acid groups is 1. The molecule has 0 aliphatic heterocycles. The van der Waals surface area contributed by atoms with E-state index in [-0.39, 0.29) is 13.2 Å². The fraction of sp³-hybridized carbons (Fsp3) is 1.00. The number of unbranched alkanes of at least 4 members (excludes halogenated alkanes) is 13. The van der Waals surface area contributed by atoms with Gasteiger partial charge in [-0.2, -0.15) is 0 Å². The molecule has 0 spiro atoms. The van der Waals surface area contributed by atoms with Gasteiger partial charge in [-0.25, -0.2) is 4.57 Å². The Morgan fingerprint density at radius 2 is 1.11 bits per heavy atom. The molecule has 0 radical (unpaired) electrons. The van der Waals surface area contributed by atoms with Crippen molar-refractivity contribution < 1.29 is 23.2 Å². The van der Waals surface area contributed by atoms with Crippen LogP contribution in [0.2, 0.25) is 0 Å². The lowest BCUT2D eigenvalue weighted by molar-refractivity contribution is 0.0760. The van der Waals surface area contributed by atoms with Crippen LogP contribution in [0.1, 0.15) is 96.8 Å². The largest absolute Gasteiger partial charge is 0.472 e. The van der Waals surface area contributed by atoms with Gasteiger partial charge in [0.25, 0.3) is 0 Å². The normalized spacial score (nSPS) is 13.7. The molecule has 1 atom stereocenters. The smallest absolute Gasteiger partial charge is 0.379 e. The van der Waals surface area contributed by atoms with Crippen molar-refractivity contribution in [2.45, 2.75) is 96.8 Å². The molecule has 7 heteroatoms. The third-order valence-electron chi connectivity index (χ3n) is 4.46. The summed E-state index contributed by atoms with van der Waals surface area (Å²) in [7, 11) is -3.91. The van der Waals surface area contributed by atoms with E-state index in [0.29, 0.717) is 18.5 Å². The molecule has 0 aliphatic carbocycles. The van der Waals surface area contributed by atoms with Crippen LogP contribution in [0.4, 0.5) is 0 Å². The number of hydrogen-bond donors (Lipinski definition) is 1. The average molecular weight is 473 g/mol. The standard InChI is InChI=1S/C20H42BrO5P/c1-2-3-4-5-6-7-8-9-10-11-12-13-14-15-17-24-19-20-26-27(22,23)25-18-16-21/h2-20H2,1H3,(H,22,23). The van der Waals surface area contributed by atoms with Crippen molar-refractivity contribution in [3.8, 4) is 0 Å². The summed E-state index contributed by atoms with van der Waals surface area (Å²) in [5, 5.41) is 0.497. The van der Waals surface area contributed by atoms with Crippen molar-refractivity contribution >= 4 is 23.8 Å². The Kier molecular flexibility index (Phi) is 21.7. The van der Waals surface area contributed by atoms with Crippen molar-refractivity contribution in [2.24, 2.45) is 0 Å². The van der Waals surface area contributed by atoms with E-state index in [1.54, 1.807) is 0 Å². The maximum Gasteiger partial charge on any atom is 0.472 e. The molecule has 1 N–H and O–H groups in total. The predicted octanol–water partition coefficient (Wildman–Crippen LogP) is 7.01. The topological polar surface area (TPSA) is 65.0 Å². The summed E-state index contributed by atoms with van der Waals surface area (Å²) in [5.74, 6) is 0. The van der Waals surface area contributed by atoms with Crippen LogP contribution in [-0.4, -0.2) is 36.7 Å². The van der Waals surface area contributed by atoms with Crippen LogP contribution >= 0.6 is 23.8 Å². The fourth-order valence-electron chi connectivity index (χ4n) is 2.90. The second-order valence-electron chi connectivity index (χ2n) is 7.03. The summed E-state index contributed by atoms with van der Waals surface area (Å²) < 4.78 is 26.3. The van der Waals surface area contributed by atoms with E-state index in [0.717, 1.165) is 6.42 Å². The molecule has 1 unspecified atom stereocenters. The molecule has 0 amide bonds. The molecule has 0 aromatic rings. The third-order valence-corrected chi connectivity index (χ3v) is 5.80. The van der Waals surface area contributed by atoms with Crippen molar-refractivity contribution in [2.75, 3.05) is 31.8 Å². The third kappa shape index (κ3) is 22.7. The van der Waals surface area contributed by atoms with E-state index in [9.17, 15) is 9.46 Å². The first-order valence-electron chi connectivity index (χ1n) is 10.9. The van der Waals surface area contributed by atoms with Crippen molar-refractivity contribution in [1.82, 2.24) is 0 Å². The van der Waals surface area contributed by atoms with Gasteiger partial charge in [-0.15, -0.1) is 0 Å². The highest BCUT2D eigenvalue weighted by Crippen LogP contribution is 2.42. The number of phosphoric ester groups is 1. The van der Waals surface area contributed by atoms with E-state index in [1.807, 2.05) is 0 Å². The second kappa shape index (κ2) is 21.3. The Bertz CT molecular complexity index is 344. The van der Waals surface area contributed by atoms with Gasteiger partial charge in [0.05, 0.1) is 19.8 Å². The Hall–Kier alpha value is 0.550. The van der Waals surface area contributed by atoms with Crippen LogP contribution in [0, 0.1) is 0 Å². The average Bonchev–Trinajstić information content (AvgIpc) is 2.65. The maximum atomic E-state index is 11.4. The van der Waals surface area contributed by atoms with Crippen LogP contribution in [0.5, 0.6) is 0 Å². The Balaban J connectivity index is 3.14. The summed E-state index contributed by atoms with van der Waals surface area (Å²) in [4.78, 5) is 9.32. The quantitative estimate of drug-likeness (QED) is 0.104. The molecule has 5 nitrogen and oxygen atoms in total. The van der Waals surface area contributed by atoms with Crippen LogP contribution in [-0.2, 0) is 18.3 Å². The van der Waals surface area contributed by atoms with E-state index < -0.39 is 7.82 Å². The number of alkyl halides is 1. The summed E-state index contributed by atoms with van der Waals surface area (Å²) in [6.07, 6.45) is 18.7. The van der Waals surface area contributed by atoms with Gasteiger partial charge in [0.15, 0.2) is 0 Å².